The molecule has 0 bridgehead atoms. The van der Waals surface area contributed by atoms with Crippen molar-refractivity contribution < 1.29 is 14.0 Å². The van der Waals surface area contributed by atoms with Gasteiger partial charge in [0.1, 0.15) is 0 Å². The molecule has 1 aliphatic rings. The Labute approximate surface area is 139 Å². The first kappa shape index (κ1) is 16.1. The Morgan fingerprint density at radius 3 is 2.12 bits per heavy atom. The maximum absolute atomic E-state index is 12.4. The van der Waals surface area contributed by atoms with Crippen LogP contribution in [0, 0.1) is 0 Å². The second kappa shape index (κ2) is 6.77. The van der Waals surface area contributed by atoms with Gasteiger partial charge in [0.2, 0.25) is 5.89 Å². The number of nitrogens with zero attached hydrogens (tertiary/aromatic N) is 5. The van der Waals surface area contributed by atoms with E-state index in [1.54, 1.807) is 34.3 Å². The SMILES string of the molecule is CC(C)c1nnc(C(=O)N2CCN(C(=O)c3ccncc3)CC2)o1. The molecule has 0 saturated carbocycles. The molecule has 8 heteroatoms. The Hall–Kier alpha value is -2.77. The number of pyridine rings is 1. The third-order valence-electron chi connectivity index (χ3n) is 3.90. The lowest BCUT2D eigenvalue weighted by Gasteiger charge is -2.34. The molecule has 2 aromatic heterocycles. The van der Waals surface area contributed by atoms with Crippen LogP contribution >= 0.6 is 0 Å². The van der Waals surface area contributed by atoms with Crippen molar-refractivity contribution in [2.75, 3.05) is 26.2 Å². The minimum absolute atomic E-state index is 0.00705. The van der Waals surface area contributed by atoms with Gasteiger partial charge in [-0.2, -0.15) is 0 Å². The fraction of sp³-hybridized carbons (Fsp3) is 0.438. The topological polar surface area (TPSA) is 92.4 Å². The molecule has 0 aliphatic carbocycles. The fourth-order valence-electron chi connectivity index (χ4n) is 2.48. The van der Waals surface area contributed by atoms with E-state index in [-0.39, 0.29) is 23.6 Å². The van der Waals surface area contributed by atoms with E-state index in [0.29, 0.717) is 37.6 Å². The second-order valence-corrected chi connectivity index (χ2v) is 5.92. The molecule has 2 aromatic rings. The smallest absolute Gasteiger partial charge is 0.311 e. The van der Waals surface area contributed by atoms with Crippen molar-refractivity contribution >= 4 is 11.8 Å². The van der Waals surface area contributed by atoms with Crippen LogP contribution in [0.4, 0.5) is 0 Å². The van der Waals surface area contributed by atoms with Crippen molar-refractivity contribution in [2.24, 2.45) is 0 Å². The molecule has 1 aliphatic heterocycles. The van der Waals surface area contributed by atoms with Crippen LogP contribution in [-0.4, -0.2) is 63.0 Å². The predicted molar refractivity (Wildman–Crippen MR) is 84.4 cm³/mol. The van der Waals surface area contributed by atoms with Crippen molar-refractivity contribution in [3.05, 3.63) is 41.9 Å². The van der Waals surface area contributed by atoms with E-state index in [4.69, 9.17) is 4.42 Å². The first-order chi connectivity index (χ1) is 11.6. The number of piperazine rings is 1. The van der Waals surface area contributed by atoms with Gasteiger partial charge in [-0.1, -0.05) is 13.8 Å². The standard InChI is InChI=1S/C16H19N5O3/c1-11(2)13-18-19-14(24-13)16(23)21-9-7-20(8-10-21)15(22)12-3-5-17-6-4-12/h3-6,11H,7-10H2,1-2H3. The lowest BCUT2D eigenvalue weighted by Crippen LogP contribution is -2.50. The van der Waals surface area contributed by atoms with E-state index < -0.39 is 0 Å². The van der Waals surface area contributed by atoms with Crippen molar-refractivity contribution in [2.45, 2.75) is 19.8 Å². The average molecular weight is 329 g/mol. The highest BCUT2D eigenvalue weighted by Crippen LogP contribution is 2.15. The highest BCUT2D eigenvalue weighted by atomic mass is 16.4. The fourth-order valence-corrected chi connectivity index (χ4v) is 2.48. The summed E-state index contributed by atoms with van der Waals surface area (Å²) in [6, 6.07) is 3.37. The number of hydrogen-bond donors (Lipinski definition) is 0. The summed E-state index contributed by atoms with van der Waals surface area (Å²) in [7, 11) is 0. The molecular weight excluding hydrogens is 310 g/mol. The van der Waals surface area contributed by atoms with E-state index in [9.17, 15) is 9.59 Å². The number of rotatable bonds is 3. The molecule has 126 valence electrons. The summed E-state index contributed by atoms with van der Waals surface area (Å²) in [6.45, 7) is 5.66. The molecule has 3 heterocycles. The van der Waals surface area contributed by atoms with Crippen LogP contribution in [0.25, 0.3) is 0 Å². The zero-order valence-corrected chi connectivity index (χ0v) is 13.7. The van der Waals surface area contributed by atoms with Gasteiger partial charge in [-0.15, -0.1) is 10.2 Å². The van der Waals surface area contributed by atoms with Gasteiger partial charge in [0, 0.05) is 50.1 Å². The highest BCUT2D eigenvalue weighted by molar-refractivity contribution is 5.94. The first-order valence-corrected chi connectivity index (χ1v) is 7.88. The van der Waals surface area contributed by atoms with Gasteiger partial charge in [0.15, 0.2) is 0 Å². The van der Waals surface area contributed by atoms with E-state index >= 15 is 0 Å². The lowest BCUT2D eigenvalue weighted by atomic mass is 10.2. The molecule has 0 atom stereocenters. The second-order valence-electron chi connectivity index (χ2n) is 5.92. The number of aromatic nitrogens is 3. The van der Waals surface area contributed by atoms with Crippen molar-refractivity contribution in [3.63, 3.8) is 0 Å². The molecule has 2 amide bonds. The Morgan fingerprint density at radius 1 is 1.00 bits per heavy atom. The molecule has 8 nitrogen and oxygen atoms in total. The van der Waals surface area contributed by atoms with E-state index in [2.05, 4.69) is 15.2 Å². The molecule has 0 aromatic carbocycles. The number of hydrogen-bond acceptors (Lipinski definition) is 6. The number of carbonyl (C=O) groups is 2. The van der Waals surface area contributed by atoms with Crippen LogP contribution < -0.4 is 0 Å². The van der Waals surface area contributed by atoms with Gasteiger partial charge in [0.05, 0.1) is 0 Å². The summed E-state index contributed by atoms with van der Waals surface area (Å²) in [5.74, 6) is 0.195. The van der Waals surface area contributed by atoms with Gasteiger partial charge < -0.3 is 14.2 Å². The molecular formula is C16H19N5O3. The van der Waals surface area contributed by atoms with Crippen molar-refractivity contribution in [1.82, 2.24) is 25.0 Å². The number of amides is 2. The Kier molecular flexibility index (Phi) is 4.54. The van der Waals surface area contributed by atoms with Crippen molar-refractivity contribution in [3.8, 4) is 0 Å². The summed E-state index contributed by atoms with van der Waals surface area (Å²) in [6.07, 6.45) is 3.18. The summed E-state index contributed by atoms with van der Waals surface area (Å²) in [5, 5.41) is 7.70. The van der Waals surface area contributed by atoms with Crippen LogP contribution in [0.3, 0.4) is 0 Å². The van der Waals surface area contributed by atoms with Gasteiger partial charge in [-0.3, -0.25) is 14.6 Å². The van der Waals surface area contributed by atoms with Crippen LogP contribution in [0.2, 0.25) is 0 Å². The third kappa shape index (κ3) is 3.27. The largest absolute Gasteiger partial charge is 0.417 e. The van der Waals surface area contributed by atoms with E-state index in [1.165, 1.54) is 0 Å². The van der Waals surface area contributed by atoms with Gasteiger partial charge >= 0.3 is 11.8 Å². The van der Waals surface area contributed by atoms with Crippen LogP contribution in [-0.2, 0) is 0 Å². The Bertz CT molecular complexity index is 720. The first-order valence-electron chi connectivity index (χ1n) is 7.88. The van der Waals surface area contributed by atoms with Crippen LogP contribution in [0.15, 0.2) is 28.9 Å². The lowest BCUT2D eigenvalue weighted by molar-refractivity contribution is 0.0512. The molecule has 1 saturated heterocycles. The van der Waals surface area contributed by atoms with Crippen LogP contribution in [0.1, 0.15) is 46.7 Å². The van der Waals surface area contributed by atoms with Gasteiger partial charge in [-0.25, -0.2) is 0 Å². The maximum atomic E-state index is 12.4. The molecule has 0 spiro atoms. The highest BCUT2D eigenvalue weighted by Gasteiger charge is 2.28. The Balaban J connectivity index is 1.60. The van der Waals surface area contributed by atoms with Gasteiger partial charge in [-0.05, 0) is 12.1 Å². The Morgan fingerprint density at radius 2 is 1.58 bits per heavy atom. The monoisotopic (exact) mass is 329 g/mol. The number of carbonyl (C=O) groups excluding carboxylic acids is 2. The summed E-state index contributed by atoms with van der Waals surface area (Å²) >= 11 is 0. The summed E-state index contributed by atoms with van der Waals surface area (Å²) in [5.41, 5.74) is 0.600. The molecule has 3 rings (SSSR count). The zero-order valence-electron chi connectivity index (χ0n) is 13.7. The van der Waals surface area contributed by atoms with E-state index in [1.807, 2.05) is 13.8 Å². The predicted octanol–water partition coefficient (Wildman–Crippen LogP) is 1.19. The van der Waals surface area contributed by atoms with Crippen LogP contribution in [0.5, 0.6) is 0 Å². The average Bonchev–Trinajstić information content (AvgIpc) is 3.12. The third-order valence-corrected chi connectivity index (χ3v) is 3.90. The molecule has 24 heavy (non-hydrogen) atoms. The normalized spacial score (nSPS) is 15.0. The van der Waals surface area contributed by atoms with Crippen molar-refractivity contribution in [1.29, 1.82) is 0 Å². The summed E-state index contributed by atoms with van der Waals surface area (Å²) in [4.78, 5) is 32.0. The molecule has 1 fully saturated rings. The zero-order chi connectivity index (χ0) is 17.1. The quantitative estimate of drug-likeness (QED) is 0.840. The summed E-state index contributed by atoms with van der Waals surface area (Å²) < 4.78 is 5.40. The van der Waals surface area contributed by atoms with Gasteiger partial charge in [0.25, 0.3) is 5.91 Å². The minimum atomic E-state index is -0.287. The maximum Gasteiger partial charge on any atom is 0.311 e. The molecule has 0 unspecified atom stereocenters. The molecule has 0 N–H and O–H groups in total. The minimum Gasteiger partial charge on any atom is -0.417 e. The molecule has 0 radical (unpaired) electrons. The van der Waals surface area contributed by atoms with E-state index in [0.717, 1.165) is 0 Å².